The predicted molar refractivity (Wildman–Crippen MR) is 67.2 cm³/mol. The molecule has 3 heteroatoms. The molecule has 0 spiro atoms. The molecule has 0 fully saturated rings. The second-order valence-corrected chi connectivity index (χ2v) is 5.38. The molecule has 0 aromatic heterocycles. The molecule has 0 radical (unpaired) electrons. The Balaban J connectivity index is 3.86. The second-order valence-electron chi connectivity index (χ2n) is 5.38. The van der Waals surface area contributed by atoms with Gasteiger partial charge in [-0.3, -0.25) is 4.79 Å². The summed E-state index contributed by atoms with van der Waals surface area (Å²) in [5, 5.41) is 8.72. The van der Waals surface area contributed by atoms with Gasteiger partial charge in [0.1, 0.15) is 6.04 Å². The van der Waals surface area contributed by atoms with Crippen molar-refractivity contribution in [3.05, 3.63) is 0 Å². The fourth-order valence-electron chi connectivity index (χ4n) is 2.27. The number of hydrogen-bond donors (Lipinski definition) is 2. The molecule has 96 valence electrons. The molecule has 0 saturated heterocycles. The van der Waals surface area contributed by atoms with Gasteiger partial charge in [0.25, 0.3) is 0 Å². The fraction of sp³-hybridized carbons (Fsp3) is 0.923. The molecule has 0 aromatic carbocycles. The fourth-order valence-corrected chi connectivity index (χ4v) is 2.27. The van der Waals surface area contributed by atoms with Crippen LogP contribution in [0, 0.1) is 17.8 Å². The molecule has 0 rings (SSSR count). The largest absolute Gasteiger partial charge is 0.480 e. The highest BCUT2D eigenvalue weighted by Gasteiger charge is 2.18. The summed E-state index contributed by atoms with van der Waals surface area (Å²) in [5.74, 6) is 0.924. The van der Waals surface area contributed by atoms with Gasteiger partial charge in [0.05, 0.1) is 0 Å². The third kappa shape index (κ3) is 6.83. The summed E-state index contributed by atoms with van der Waals surface area (Å²) < 4.78 is 0. The van der Waals surface area contributed by atoms with E-state index in [0.717, 1.165) is 12.3 Å². The van der Waals surface area contributed by atoms with Crippen LogP contribution >= 0.6 is 0 Å². The van der Waals surface area contributed by atoms with E-state index in [2.05, 4.69) is 27.7 Å². The summed E-state index contributed by atoms with van der Waals surface area (Å²) in [6.45, 7) is 8.82. The molecule has 0 heterocycles. The van der Waals surface area contributed by atoms with Gasteiger partial charge in [0, 0.05) is 0 Å². The van der Waals surface area contributed by atoms with Crippen molar-refractivity contribution in [2.24, 2.45) is 23.5 Å². The zero-order chi connectivity index (χ0) is 12.7. The van der Waals surface area contributed by atoms with Crippen molar-refractivity contribution in [1.82, 2.24) is 0 Å². The Morgan fingerprint density at radius 3 is 1.94 bits per heavy atom. The summed E-state index contributed by atoms with van der Waals surface area (Å²) in [5.41, 5.74) is 5.52. The predicted octanol–water partition coefficient (Wildman–Crippen LogP) is 2.89. The zero-order valence-electron chi connectivity index (χ0n) is 11.1. The van der Waals surface area contributed by atoms with E-state index in [1.807, 2.05) is 0 Å². The molecule has 4 atom stereocenters. The van der Waals surface area contributed by atoms with Crippen molar-refractivity contribution in [3.8, 4) is 0 Å². The third-order valence-corrected chi connectivity index (χ3v) is 3.28. The summed E-state index contributed by atoms with van der Waals surface area (Å²) in [7, 11) is 0. The topological polar surface area (TPSA) is 63.3 Å². The molecule has 4 unspecified atom stereocenters. The van der Waals surface area contributed by atoms with E-state index in [4.69, 9.17) is 10.8 Å². The average molecular weight is 229 g/mol. The van der Waals surface area contributed by atoms with Crippen molar-refractivity contribution in [2.45, 2.75) is 59.4 Å². The molecule has 0 aliphatic rings. The zero-order valence-corrected chi connectivity index (χ0v) is 11.1. The molecule has 3 N–H and O–H groups in total. The van der Waals surface area contributed by atoms with Crippen LogP contribution in [0.25, 0.3) is 0 Å². The van der Waals surface area contributed by atoms with Gasteiger partial charge in [-0.25, -0.2) is 0 Å². The van der Waals surface area contributed by atoms with Crippen molar-refractivity contribution >= 4 is 5.97 Å². The average Bonchev–Trinajstić information content (AvgIpc) is 2.16. The summed E-state index contributed by atoms with van der Waals surface area (Å²) in [6.07, 6.45) is 4.10. The first-order valence-electron chi connectivity index (χ1n) is 6.35. The number of carbonyl (C=O) groups is 1. The molecule has 0 aliphatic carbocycles. The number of carboxylic acid groups (broad SMARTS) is 1. The number of carboxylic acids is 1. The van der Waals surface area contributed by atoms with Crippen LogP contribution in [0.2, 0.25) is 0 Å². The van der Waals surface area contributed by atoms with Gasteiger partial charge in [0.2, 0.25) is 0 Å². The van der Waals surface area contributed by atoms with E-state index >= 15 is 0 Å². The van der Waals surface area contributed by atoms with Crippen LogP contribution in [0.1, 0.15) is 53.4 Å². The number of hydrogen-bond acceptors (Lipinski definition) is 2. The first-order chi connectivity index (χ1) is 7.36. The van der Waals surface area contributed by atoms with Crippen molar-refractivity contribution in [1.29, 1.82) is 0 Å². The Bertz CT molecular complexity index is 206. The lowest BCUT2D eigenvalue weighted by molar-refractivity contribution is -0.138. The molecule has 0 aliphatic heterocycles. The highest BCUT2D eigenvalue weighted by molar-refractivity contribution is 5.72. The van der Waals surface area contributed by atoms with E-state index < -0.39 is 12.0 Å². The van der Waals surface area contributed by atoms with Crippen LogP contribution in [0.4, 0.5) is 0 Å². The van der Waals surface area contributed by atoms with E-state index in [1.54, 1.807) is 0 Å². The summed E-state index contributed by atoms with van der Waals surface area (Å²) in [4.78, 5) is 10.6. The number of aliphatic carboxylic acids is 1. The smallest absolute Gasteiger partial charge is 0.320 e. The first-order valence-corrected chi connectivity index (χ1v) is 6.35. The maximum absolute atomic E-state index is 10.6. The lowest BCUT2D eigenvalue weighted by atomic mass is 9.86. The van der Waals surface area contributed by atoms with Gasteiger partial charge < -0.3 is 10.8 Å². The van der Waals surface area contributed by atoms with Gasteiger partial charge in [0.15, 0.2) is 0 Å². The number of rotatable bonds is 8. The highest BCUT2D eigenvalue weighted by atomic mass is 16.4. The van der Waals surface area contributed by atoms with Gasteiger partial charge >= 0.3 is 5.97 Å². The molecule has 16 heavy (non-hydrogen) atoms. The summed E-state index contributed by atoms with van der Waals surface area (Å²) in [6, 6.07) is -0.703. The number of nitrogens with two attached hydrogens (primary N) is 1. The second kappa shape index (κ2) is 7.66. The van der Waals surface area contributed by atoms with Crippen molar-refractivity contribution < 1.29 is 9.90 Å². The Hall–Kier alpha value is -0.570. The standard InChI is InChI=1S/C13H27NO2/c1-5-9(2)6-10(3)7-11(4)8-12(14)13(15)16/h9-12H,5-8,14H2,1-4H3,(H,15,16). The lowest BCUT2D eigenvalue weighted by Crippen LogP contribution is -2.32. The third-order valence-electron chi connectivity index (χ3n) is 3.28. The van der Waals surface area contributed by atoms with Gasteiger partial charge in [-0.15, -0.1) is 0 Å². The van der Waals surface area contributed by atoms with Gasteiger partial charge in [-0.05, 0) is 37.0 Å². The van der Waals surface area contributed by atoms with Crippen molar-refractivity contribution in [3.63, 3.8) is 0 Å². The normalized spacial score (nSPS) is 18.8. The quantitative estimate of drug-likeness (QED) is 0.672. The van der Waals surface area contributed by atoms with Crippen LogP contribution < -0.4 is 5.73 Å². The lowest BCUT2D eigenvalue weighted by Gasteiger charge is -2.21. The minimum Gasteiger partial charge on any atom is -0.480 e. The van der Waals surface area contributed by atoms with E-state index in [-0.39, 0.29) is 0 Å². The van der Waals surface area contributed by atoms with E-state index in [0.29, 0.717) is 18.3 Å². The molecular weight excluding hydrogens is 202 g/mol. The van der Waals surface area contributed by atoms with Crippen LogP contribution in [0.5, 0.6) is 0 Å². The first kappa shape index (κ1) is 15.4. The Kier molecular flexibility index (Phi) is 7.39. The molecule has 0 bridgehead atoms. The minimum absolute atomic E-state index is 0.394. The SMILES string of the molecule is CCC(C)CC(C)CC(C)CC(N)C(=O)O. The molecule has 0 aromatic rings. The van der Waals surface area contributed by atoms with Crippen LogP contribution in [0.15, 0.2) is 0 Å². The van der Waals surface area contributed by atoms with Crippen LogP contribution in [-0.4, -0.2) is 17.1 Å². The summed E-state index contributed by atoms with van der Waals surface area (Å²) >= 11 is 0. The molecule has 0 amide bonds. The minimum atomic E-state index is -0.888. The molecule has 3 nitrogen and oxygen atoms in total. The van der Waals surface area contributed by atoms with Gasteiger partial charge in [-0.1, -0.05) is 34.1 Å². The molecular formula is C13H27NO2. The highest BCUT2D eigenvalue weighted by Crippen LogP contribution is 2.23. The van der Waals surface area contributed by atoms with E-state index in [9.17, 15) is 4.79 Å². The van der Waals surface area contributed by atoms with Gasteiger partial charge in [-0.2, -0.15) is 0 Å². The van der Waals surface area contributed by atoms with Crippen LogP contribution in [-0.2, 0) is 4.79 Å². The Morgan fingerprint density at radius 1 is 1.06 bits per heavy atom. The molecule has 0 saturated carbocycles. The monoisotopic (exact) mass is 229 g/mol. The van der Waals surface area contributed by atoms with E-state index in [1.165, 1.54) is 12.8 Å². The Morgan fingerprint density at radius 2 is 1.50 bits per heavy atom. The maximum atomic E-state index is 10.6. The van der Waals surface area contributed by atoms with Crippen LogP contribution in [0.3, 0.4) is 0 Å². The maximum Gasteiger partial charge on any atom is 0.320 e. The Labute approximate surface area is 99.4 Å². The van der Waals surface area contributed by atoms with Crippen molar-refractivity contribution in [2.75, 3.05) is 0 Å².